The van der Waals surface area contributed by atoms with E-state index in [1.54, 1.807) is 0 Å². The van der Waals surface area contributed by atoms with Crippen molar-refractivity contribution in [2.45, 2.75) is 19.4 Å². The lowest BCUT2D eigenvalue weighted by molar-refractivity contribution is -0.0572. The molecule has 1 unspecified atom stereocenters. The predicted molar refractivity (Wildman–Crippen MR) is 65.1 cm³/mol. The van der Waals surface area contributed by atoms with Gasteiger partial charge in [-0.25, -0.2) is 0 Å². The molecule has 82 valence electrons. The van der Waals surface area contributed by atoms with Gasteiger partial charge in [-0.05, 0) is 37.1 Å². The minimum absolute atomic E-state index is 0.188. The fraction of sp³-hybridized carbons (Fsp3) is 0.500. The van der Waals surface area contributed by atoms with Gasteiger partial charge in [0.15, 0.2) is 0 Å². The SMILES string of the molecule is Cc1cc(Br)cc(C2(C)CNCCO2)c1. The smallest absolute Gasteiger partial charge is 0.103 e. The molecule has 1 fully saturated rings. The molecule has 0 saturated carbocycles. The summed E-state index contributed by atoms with van der Waals surface area (Å²) in [6.07, 6.45) is 0. The van der Waals surface area contributed by atoms with Crippen LogP contribution in [0, 0.1) is 6.92 Å². The topological polar surface area (TPSA) is 21.3 Å². The highest BCUT2D eigenvalue weighted by molar-refractivity contribution is 9.10. The van der Waals surface area contributed by atoms with E-state index in [1.807, 2.05) is 0 Å². The van der Waals surface area contributed by atoms with E-state index in [4.69, 9.17) is 4.74 Å². The molecule has 0 spiro atoms. The number of morpholine rings is 1. The van der Waals surface area contributed by atoms with Gasteiger partial charge < -0.3 is 10.1 Å². The summed E-state index contributed by atoms with van der Waals surface area (Å²) in [5.41, 5.74) is 2.31. The Labute approximate surface area is 99.1 Å². The minimum Gasteiger partial charge on any atom is -0.368 e. The third kappa shape index (κ3) is 2.41. The second-order valence-electron chi connectivity index (χ2n) is 4.27. The Kier molecular flexibility index (Phi) is 3.14. The van der Waals surface area contributed by atoms with Crippen molar-refractivity contribution in [2.24, 2.45) is 0 Å². The molecular formula is C12H16BrNO. The highest BCUT2D eigenvalue weighted by Gasteiger charge is 2.30. The molecule has 1 aliphatic rings. The largest absolute Gasteiger partial charge is 0.368 e. The molecule has 1 aromatic carbocycles. The van der Waals surface area contributed by atoms with Crippen LogP contribution < -0.4 is 5.32 Å². The molecule has 1 heterocycles. The van der Waals surface area contributed by atoms with E-state index < -0.39 is 0 Å². The molecule has 15 heavy (non-hydrogen) atoms. The summed E-state index contributed by atoms with van der Waals surface area (Å²) in [7, 11) is 0. The number of benzene rings is 1. The summed E-state index contributed by atoms with van der Waals surface area (Å²) in [6, 6.07) is 6.45. The maximum Gasteiger partial charge on any atom is 0.103 e. The number of hydrogen-bond donors (Lipinski definition) is 1. The molecule has 0 aromatic heterocycles. The quantitative estimate of drug-likeness (QED) is 0.847. The first kappa shape index (κ1) is 11.1. The number of aryl methyl sites for hydroxylation is 1. The summed E-state index contributed by atoms with van der Waals surface area (Å²) in [6.45, 7) is 6.85. The first-order valence-electron chi connectivity index (χ1n) is 5.22. The van der Waals surface area contributed by atoms with Crippen LogP contribution in [0.5, 0.6) is 0 Å². The van der Waals surface area contributed by atoms with Crippen molar-refractivity contribution in [1.29, 1.82) is 0 Å². The van der Waals surface area contributed by atoms with Crippen molar-refractivity contribution in [2.75, 3.05) is 19.7 Å². The van der Waals surface area contributed by atoms with E-state index in [1.165, 1.54) is 11.1 Å². The Hall–Kier alpha value is -0.380. The molecule has 0 aliphatic carbocycles. The average molecular weight is 270 g/mol. The van der Waals surface area contributed by atoms with Crippen LogP contribution in [-0.2, 0) is 10.3 Å². The number of halogens is 1. The van der Waals surface area contributed by atoms with Gasteiger partial charge in [0.05, 0.1) is 6.61 Å². The van der Waals surface area contributed by atoms with Crippen LogP contribution in [0.4, 0.5) is 0 Å². The molecule has 0 amide bonds. The number of hydrogen-bond acceptors (Lipinski definition) is 2. The number of nitrogens with one attached hydrogen (secondary N) is 1. The monoisotopic (exact) mass is 269 g/mol. The Bertz CT molecular complexity index is 338. The predicted octanol–water partition coefficient (Wildman–Crippen LogP) is 2.59. The van der Waals surface area contributed by atoms with Crippen molar-refractivity contribution in [3.63, 3.8) is 0 Å². The first-order chi connectivity index (χ1) is 7.10. The maximum absolute atomic E-state index is 5.88. The van der Waals surface area contributed by atoms with Gasteiger partial charge in [-0.1, -0.05) is 22.0 Å². The lowest BCUT2D eigenvalue weighted by Gasteiger charge is -2.35. The number of rotatable bonds is 1. The van der Waals surface area contributed by atoms with Crippen LogP contribution in [0.3, 0.4) is 0 Å². The zero-order chi connectivity index (χ0) is 10.9. The molecule has 1 aromatic rings. The average Bonchev–Trinajstić information content (AvgIpc) is 2.17. The molecular weight excluding hydrogens is 254 g/mol. The molecule has 0 radical (unpaired) electrons. The second kappa shape index (κ2) is 4.24. The van der Waals surface area contributed by atoms with Crippen LogP contribution in [0.2, 0.25) is 0 Å². The number of ether oxygens (including phenoxy) is 1. The fourth-order valence-corrected chi connectivity index (χ4v) is 2.56. The molecule has 2 rings (SSSR count). The van der Waals surface area contributed by atoms with E-state index in [9.17, 15) is 0 Å². The summed E-state index contributed by atoms with van der Waals surface area (Å²) >= 11 is 3.53. The Morgan fingerprint density at radius 3 is 2.80 bits per heavy atom. The van der Waals surface area contributed by atoms with Crippen LogP contribution in [0.1, 0.15) is 18.1 Å². The zero-order valence-corrected chi connectivity index (χ0v) is 10.7. The molecule has 1 N–H and O–H groups in total. The van der Waals surface area contributed by atoms with Crippen molar-refractivity contribution < 1.29 is 4.74 Å². The van der Waals surface area contributed by atoms with E-state index in [0.29, 0.717) is 0 Å². The molecule has 1 atom stereocenters. The Morgan fingerprint density at radius 1 is 1.40 bits per heavy atom. The second-order valence-corrected chi connectivity index (χ2v) is 5.19. The molecule has 0 bridgehead atoms. The highest BCUT2D eigenvalue weighted by atomic mass is 79.9. The van der Waals surface area contributed by atoms with Crippen LogP contribution >= 0.6 is 15.9 Å². The van der Waals surface area contributed by atoms with Crippen LogP contribution in [0.25, 0.3) is 0 Å². The first-order valence-corrected chi connectivity index (χ1v) is 6.02. The van der Waals surface area contributed by atoms with Gasteiger partial charge in [-0.15, -0.1) is 0 Å². The molecule has 1 aliphatic heterocycles. The third-order valence-electron chi connectivity index (χ3n) is 2.81. The van der Waals surface area contributed by atoms with E-state index >= 15 is 0 Å². The maximum atomic E-state index is 5.88. The summed E-state index contributed by atoms with van der Waals surface area (Å²) in [4.78, 5) is 0. The van der Waals surface area contributed by atoms with Crippen LogP contribution in [0.15, 0.2) is 22.7 Å². The lowest BCUT2D eigenvalue weighted by atomic mass is 9.93. The van der Waals surface area contributed by atoms with Gasteiger partial charge in [0.2, 0.25) is 0 Å². The summed E-state index contributed by atoms with van der Waals surface area (Å²) in [5, 5.41) is 3.37. The van der Waals surface area contributed by atoms with Gasteiger partial charge in [0, 0.05) is 17.6 Å². The van der Waals surface area contributed by atoms with Crippen molar-refractivity contribution in [1.82, 2.24) is 5.32 Å². The Morgan fingerprint density at radius 2 is 2.20 bits per heavy atom. The molecule has 1 saturated heterocycles. The normalized spacial score (nSPS) is 26.6. The fourth-order valence-electron chi connectivity index (χ4n) is 1.95. The minimum atomic E-state index is -0.188. The molecule has 3 heteroatoms. The lowest BCUT2D eigenvalue weighted by Crippen LogP contribution is -2.45. The van der Waals surface area contributed by atoms with Gasteiger partial charge >= 0.3 is 0 Å². The summed E-state index contributed by atoms with van der Waals surface area (Å²) < 4.78 is 7.00. The van der Waals surface area contributed by atoms with E-state index in [2.05, 4.69) is 53.3 Å². The van der Waals surface area contributed by atoms with Crippen molar-refractivity contribution in [3.8, 4) is 0 Å². The third-order valence-corrected chi connectivity index (χ3v) is 3.27. The van der Waals surface area contributed by atoms with E-state index in [-0.39, 0.29) is 5.60 Å². The molecule has 2 nitrogen and oxygen atoms in total. The van der Waals surface area contributed by atoms with Gasteiger partial charge in [-0.3, -0.25) is 0 Å². The van der Waals surface area contributed by atoms with E-state index in [0.717, 1.165) is 24.2 Å². The van der Waals surface area contributed by atoms with Gasteiger partial charge in [0.25, 0.3) is 0 Å². The zero-order valence-electron chi connectivity index (χ0n) is 9.14. The standard InChI is InChI=1S/C12H16BrNO/c1-9-5-10(7-11(13)6-9)12(2)8-14-3-4-15-12/h5-7,14H,3-4,8H2,1-2H3. The van der Waals surface area contributed by atoms with Gasteiger partial charge in [0.1, 0.15) is 5.60 Å². The van der Waals surface area contributed by atoms with Crippen molar-refractivity contribution >= 4 is 15.9 Å². The van der Waals surface area contributed by atoms with Gasteiger partial charge in [-0.2, -0.15) is 0 Å². The van der Waals surface area contributed by atoms with Crippen LogP contribution in [-0.4, -0.2) is 19.7 Å². The van der Waals surface area contributed by atoms with Crippen molar-refractivity contribution in [3.05, 3.63) is 33.8 Å². The summed E-state index contributed by atoms with van der Waals surface area (Å²) in [5.74, 6) is 0. The Balaban J connectivity index is 2.34. The highest BCUT2D eigenvalue weighted by Crippen LogP contribution is 2.29.